The molecule has 4 amide bonds. The van der Waals surface area contributed by atoms with Crippen molar-refractivity contribution in [3.63, 3.8) is 0 Å². The first kappa shape index (κ1) is 47.9. The molecule has 0 bridgehead atoms. The van der Waals surface area contributed by atoms with Gasteiger partial charge in [0.2, 0.25) is 17.8 Å². The highest BCUT2D eigenvalue weighted by Gasteiger charge is 2.54. The number of hydrogen-bond acceptors (Lipinski definition) is 14. The van der Waals surface area contributed by atoms with Gasteiger partial charge in [-0.3, -0.25) is 24.1 Å². The molecule has 20 heteroatoms. The number of alkyl halides is 1. The predicted molar refractivity (Wildman–Crippen MR) is 252 cm³/mol. The zero-order chi connectivity index (χ0) is 46.5. The Morgan fingerprint density at radius 3 is 2.49 bits per heavy atom. The summed E-state index contributed by atoms with van der Waals surface area (Å²) in [4.78, 5) is 74.2. The summed E-state index contributed by atoms with van der Waals surface area (Å²) in [7, 11) is 3.24. The lowest BCUT2D eigenvalue weighted by atomic mass is 10.00. The summed E-state index contributed by atoms with van der Waals surface area (Å²) in [6.07, 6.45) is 1.51. The van der Waals surface area contributed by atoms with E-state index in [9.17, 15) is 24.3 Å². The van der Waals surface area contributed by atoms with Gasteiger partial charge in [-0.1, -0.05) is 35.9 Å². The van der Waals surface area contributed by atoms with Crippen molar-refractivity contribution in [3.8, 4) is 16.2 Å². The van der Waals surface area contributed by atoms with Crippen LogP contribution in [0.2, 0.25) is 5.02 Å². The fraction of sp³-hybridized carbons (Fsp3) is 0.489. The van der Waals surface area contributed by atoms with Gasteiger partial charge in [-0.2, -0.15) is 16.7 Å². The third-order valence-electron chi connectivity index (χ3n) is 12.0. The molecule has 0 spiro atoms. The number of piperazine rings is 1. The molecule has 4 heterocycles. The average molecular weight is 952 g/mol. The molecule has 1 unspecified atom stereocenters. The van der Waals surface area contributed by atoms with Crippen LogP contribution >= 0.6 is 34.7 Å². The highest BCUT2D eigenvalue weighted by atomic mass is 35.5. The number of aliphatic hydroxyl groups excluding tert-OH is 1. The molecule has 5 N–H and O–H groups in total. The van der Waals surface area contributed by atoms with E-state index in [4.69, 9.17) is 16.3 Å². The Labute approximate surface area is 391 Å². The highest BCUT2D eigenvalue weighted by Crippen LogP contribution is 2.41. The fourth-order valence-electron chi connectivity index (χ4n) is 7.98. The van der Waals surface area contributed by atoms with Crippen LogP contribution in [0.5, 0.6) is 5.75 Å². The van der Waals surface area contributed by atoms with E-state index in [2.05, 4.69) is 41.1 Å². The molecule has 7 rings (SSSR count). The minimum absolute atomic E-state index is 0.0400. The minimum Gasteiger partial charge on any atom is -0.495 e. The summed E-state index contributed by atoms with van der Waals surface area (Å²) < 4.78 is 19.8. The van der Waals surface area contributed by atoms with Crippen molar-refractivity contribution in [1.29, 1.82) is 0 Å². The summed E-state index contributed by atoms with van der Waals surface area (Å²) in [5.41, 5.74) is 3.70. The number of carbonyl (C=O) groups excluding carboxylic acids is 4. The second-order valence-corrected chi connectivity index (χ2v) is 20.1. The van der Waals surface area contributed by atoms with Crippen LogP contribution in [0.25, 0.3) is 10.4 Å². The first-order valence-corrected chi connectivity index (χ1v) is 23.9. The van der Waals surface area contributed by atoms with E-state index in [-0.39, 0.29) is 38.3 Å². The number of aliphatic hydroxyl groups is 1. The van der Waals surface area contributed by atoms with Gasteiger partial charge in [0.05, 0.1) is 41.2 Å². The minimum atomic E-state index is -2.02. The first-order valence-electron chi connectivity index (χ1n) is 21.7. The lowest BCUT2D eigenvalue weighted by Gasteiger charge is -2.38. The maximum absolute atomic E-state index is 15.1. The Kier molecular flexibility index (Phi) is 15.2. The number of methoxy groups -OCH3 is 1. The molecule has 3 atom stereocenters. The van der Waals surface area contributed by atoms with E-state index >= 15 is 4.39 Å². The number of rotatable bonds is 18. The number of carbonyl (C=O) groups is 4. The van der Waals surface area contributed by atoms with E-state index < -0.39 is 46.3 Å². The lowest BCUT2D eigenvalue weighted by Crippen LogP contribution is -2.61. The summed E-state index contributed by atoms with van der Waals surface area (Å²) >= 11 is 9.17. The molecule has 2 aliphatic heterocycles. The average Bonchev–Trinajstić information content (AvgIpc) is 3.71. The fourth-order valence-corrected chi connectivity index (χ4v) is 10.1. The number of likely N-dealkylation sites (tertiary alicyclic amines) is 1. The van der Waals surface area contributed by atoms with E-state index in [0.717, 1.165) is 34.7 Å². The van der Waals surface area contributed by atoms with Crippen LogP contribution in [0.3, 0.4) is 0 Å². The quantitative estimate of drug-likeness (QED) is 0.0810. The van der Waals surface area contributed by atoms with E-state index in [1.165, 1.54) is 30.0 Å². The van der Waals surface area contributed by atoms with Crippen LogP contribution in [0, 0.1) is 6.92 Å². The van der Waals surface area contributed by atoms with Gasteiger partial charge in [0.25, 0.3) is 11.8 Å². The van der Waals surface area contributed by atoms with Crippen molar-refractivity contribution in [3.05, 3.63) is 76.0 Å². The van der Waals surface area contributed by atoms with E-state index in [1.54, 1.807) is 42.1 Å². The number of amides is 4. The zero-order valence-electron chi connectivity index (χ0n) is 37.2. The molecule has 1 aliphatic carbocycles. The van der Waals surface area contributed by atoms with Gasteiger partial charge in [-0.25, -0.2) is 14.4 Å². The summed E-state index contributed by atoms with van der Waals surface area (Å²) in [5, 5.41) is 22.8. The molecule has 0 radical (unpaired) electrons. The van der Waals surface area contributed by atoms with Gasteiger partial charge < -0.3 is 40.9 Å². The molecule has 2 aromatic carbocycles. The maximum Gasteiger partial charge on any atom is 0.258 e. The molecule has 4 aromatic rings. The summed E-state index contributed by atoms with van der Waals surface area (Å²) in [5.74, 6) is -0.0364. The number of β-amino-alcohol motifs (C(OH)–C–C–N with tert-alkyl or cyclic N) is 1. The van der Waals surface area contributed by atoms with Crippen molar-refractivity contribution in [2.24, 2.45) is 0 Å². The van der Waals surface area contributed by atoms with Gasteiger partial charge in [-0.05, 0) is 81.7 Å². The molecular weight excluding hydrogens is 895 g/mol. The number of hydrogen-bond donors (Lipinski definition) is 5. The normalized spacial score (nSPS) is 18.8. The highest BCUT2D eigenvalue weighted by molar-refractivity contribution is 8.00. The third-order valence-corrected chi connectivity index (χ3v) is 14.8. The number of anilines is 3. The number of nitrogens with zero attached hydrogens (tertiary/aromatic N) is 6. The molecule has 2 saturated heterocycles. The Morgan fingerprint density at radius 1 is 1.09 bits per heavy atom. The van der Waals surface area contributed by atoms with Crippen molar-refractivity contribution in [1.82, 2.24) is 40.3 Å². The Bertz CT molecular complexity index is 2360. The Hall–Kier alpha value is -5.08. The monoisotopic (exact) mass is 950 g/mol. The zero-order valence-corrected chi connectivity index (χ0v) is 39.5. The number of thiazole rings is 1. The van der Waals surface area contributed by atoms with Crippen molar-refractivity contribution >= 4 is 75.8 Å². The molecule has 3 fully saturated rings. The molecule has 16 nitrogen and oxygen atoms in total. The van der Waals surface area contributed by atoms with E-state index in [0.29, 0.717) is 65.7 Å². The lowest BCUT2D eigenvalue weighted by molar-refractivity contribution is -0.143. The van der Waals surface area contributed by atoms with Crippen LogP contribution in [0.1, 0.15) is 61.1 Å². The second kappa shape index (κ2) is 20.6. The summed E-state index contributed by atoms with van der Waals surface area (Å²) in [6, 6.07) is 10.9. The standard InChI is InChI=1S/C45H56ClFN10O6S2/c1-27-36(64-26-51-27)29-9-7-28(8-10-29)23-49-39(59)34-22-31(58)25-57(34)41(61)37(53-42(62)45(47)13-14-45)44(2,3)65-20-6-15-55-16-18-56(19-17-55)40(60)30-11-12-33(35(21-30)63-5)52-43-50-24-32(46)38(48-4)54-43/h7-12,21,24,26,31,34,37,58H,6,13-20,22-23,25H2,1-5H3,(H,49,59)(H,53,62)(H2,48,50,52,54)/t31-,34?,37-/m1/s1. The van der Waals surface area contributed by atoms with Crippen LogP contribution in [0.15, 0.2) is 54.2 Å². The maximum atomic E-state index is 15.1. The van der Waals surface area contributed by atoms with Gasteiger partial charge in [0, 0.05) is 63.0 Å². The third kappa shape index (κ3) is 11.5. The molecular formula is C45H56ClFN10O6S2. The van der Waals surface area contributed by atoms with Crippen LogP contribution in [-0.4, -0.2) is 146 Å². The number of aromatic nitrogens is 3. The van der Waals surface area contributed by atoms with Gasteiger partial charge in [0.1, 0.15) is 28.7 Å². The van der Waals surface area contributed by atoms with Gasteiger partial charge in [0.15, 0.2) is 5.67 Å². The Balaban J connectivity index is 0.910. The van der Waals surface area contributed by atoms with Gasteiger partial charge in [-0.15, -0.1) is 11.3 Å². The van der Waals surface area contributed by atoms with E-state index in [1.807, 2.05) is 49.9 Å². The van der Waals surface area contributed by atoms with Crippen molar-refractivity contribution in [2.45, 2.75) is 81.6 Å². The number of aryl methyl sites for hydroxylation is 1. The predicted octanol–water partition coefficient (Wildman–Crippen LogP) is 5.28. The van der Waals surface area contributed by atoms with Crippen LogP contribution < -0.4 is 26.0 Å². The number of thioether (sulfide) groups is 1. The number of ether oxygens (including phenoxy) is 1. The smallest absolute Gasteiger partial charge is 0.258 e. The van der Waals surface area contributed by atoms with Crippen molar-refractivity contribution < 1.29 is 33.4 Å². The number of benzene rings is 2. The summed E-state index contributed by atoms with van der Waals surface area (Å²) in [6.45, 7) is 8.93. The Morgan fingerprint density at radius 2 is 1.83 bits per heavy atom. The number of nitrogens with one attached hydrogen (secondary N) is 4. The molecule has 65 heavy (non-hydrogen) atoms. The van der Waals surface area contributed by atoms with Gasteiger partial charge >= 0.3 is 0 Å². The molecule has 348 valence electrons. The topological polar surface area (TPSA) is 194 Å². The van der Waals surface area contributed by atoms with Crippen molar-refractivity contribution in [2.75, 3.05) is 69.8 Å². The van der Waals surface area contributed by atoms with Crippen LogP contribution in [0.4, 0.5) is 21.8 Å². The molecule has 3 aliphatic rings. The molecule has 2 aromatic heterocycles. The first-order chi connectivity index (χ1) is 31.1. The largest absolute Gasteiger partial charge is 0.495 e. The molecule has 1 saturated carbocycles. The number of halogens is 2. The van der Waals surface area contributed by atoms with Crippen LogP contribution in [-0.2, 0) is 20.9 Å². The second-order valence-electron chi connectivity index (χ2n) is 17.1. The SMILES string of the molecule is CNc1nc(Nc2ccc(C(=O)N3CCN(CCCSC(C)(C)[C@H](NC(=O)C4(F)CC4)C(=O)N4C[C@H](O)CC4C(=O)NCc4ccc(-c5scnc5C)cc4)CC3)cc2OC)ncc1Cl.